The van der Waals surface area contributed by atoms with Gasteiger partial charge in [0.15, 0.2) is 5.78 Å². The van der Waals surface area contributed by atoms with Crippen LogP contribution in [0.15, 0.2) is 47.6 Å². The third-order valence-corrected chi connectivity index (χ3v) is 4.93. The number of halogens is 2. The Kier molecular flexibility index (Phi) is 5.79. The van der Waals surface area contributed by atoms with E-state index in [1.54, 1.807) is 35.2 Å². The Hall–Kier alpha value is -2.73. The number of nitrogens with zero attached hydrogens (tertiary/aromatic N) is 2. The summed E-state index contributed by atoms with van der Waals surface area (Å²) < 4.78 is 13.6. The summed E-state index contributed by atoms with van der Waals surface area (Å²) in [7, 11) is 0. The lowest BCUT2D eigenvalue weighted by molar-refractivity contribution is -0.132. The molecule has 0 unspecified atom stereocenters. The Bertz CT molecular complexity index is 905. The second kappa shape index (κ2) is 8.10. The van der Waals surface area contributed by atoms with Gasteiger partial charge in [-0.15, -0.1) is 0 Å². The maximum Gasteiger partial charge on any atom is 0.234 e. The van der Waals surface area contributed by atoms with E-state index in [1.807, 2.05) is 13.8 Å². The topological polar surface area (TPSA) is 59.0 Å². The number of Topliss-reactive ketones (excluding diaryl/α,β-unsaturated/α-hetero) is 1. The average Bonchev–Trinajstić information content (AvgIpc) is 2.67. The van der Waals surface area contributed by atoms with Crippen LogP contribution in [0.4, 0.5) is 10.1 Å². The molecule has 1 fully saturated rings. The summed E-state index contributed by atoms with van der Waals surface area (Å²) in [5.41, 5.74) is 1.18. The molecule has 1 heterocycles. The highest BCUT2D eigenvalue weighted by Crippen LogP contribution is 2.35. The monoisotopic (exact) mass is 402 g/mol. The van der Waals surface area contributed by atoms with Crippen LogP contribution >= 0.6 is 11.6 Å². The summed E-state index contributed by atoms with van der Waals surface area (Å²) in [6.07, 6.45) is 1.37. The van der Waals surface area contributed by atoms with E-state index in [0.717, 1.165) is 5.69 Å². The first kappa shape index (κ1) is 20.0. The summed E-state index contributed by atoms with van der Waals surface area (Å²) in [6, 6.07) is 11.2. The number of anilines is 1. The van der Waals surface area contributed by atoms with Crippen LogP contribution in [-0.4, -0.2) is 24.4 Å². The van der Waals surface area contributed by atoms with E-state index >= 15 is 0 Å². The van der Waals surface area contributed by atoms with E-state index in [-0.39, 0.29) is 40.7 Å². The molecule has 1 aliphatic heterocycles. The zero-order valence-corrected chi connectivity index (χ0v) is 16.4. The van der Waals surface area contributed by atoms with Crippen molar-refractivity contribution < 1.29 is 18.8 Å². The zero-order valence-electron chi connectivity index (χ0n) is 15.6. The van der Waals surface area contributed by atoms with Gasteiger partial charge in [0.05, 0.1) is 16.7 Å². The van der Waals surface area contributed by atoms with Gasteiger partial charge in [0, 0.05) is 29.8 Å². The summed E-state index contributed by atoms with van der Waals surface area (Å²) in [5.74, 6) is -0.535. The molecule has 28 heavy (non-hydrogen) atoms. The molecule has 0 radical (unpaired) electrons. The average molecular weight is 403 g/mol. The van der Waals surface area contributed by atoms with Crippen LogP contribution in [0.2, 0.25) is 5.02 Å². The number of amides is 1. The van der Waals surface area contributed by atoms with Crippen molar-refractivity contribution in [2.75, 3.05) is 11.4 Å². The molecular weight excluding hydrogens is 383 g/mol. The predicted octanol–water partition coefficient (Wildman–Crippen LogP) is 4.63. The first-order chi connectivity index (χ1) is 13.3. The van der Waals surface area contributed by atoms with E-state index in [9.17, 15) is 14.0 Å². The number of carbonyl (C=O) groups is 2. The highest BCUT2D eigenvalue weighted by atomic mass is 35.5. The Labute approximate surface area is 167 Å². The number of carbonyl (C=O) groups excluding carboxylic acids is 2. The number of hydrogen-bond acceptors (Lipinski definition) is 4. The zero-order chi connectivity index (χ0) is 20.3. The highest BCUT2D eigenvalue weighted by molar-refractivity contribution is 6.31. The molecule has 2 aromatic rings. The van der Waals surface area contributed by atoms with Gasteiger partial charge in [0.2, 0.25) is 5.91 Å². The molecule has 0 atom stereocenters. The van der Waals surface area contributed by atoms with Gasteiger partial charge in [-0.2, -0.15) is 0 Å². The Morgan fingerprint density at radius 3 is 2.61 bits per heavy atom. The van der Waals surface area contributed by atoms with Crippen molar-refractivity contribution in [2.24, 2.45) is 10.6 Å². The van der Waals surface area contributed by atoms with Crippen LogP contribution in [0.3, 0.4) is 0 Å². The molecule has 0 N–H and O–H groups in total. The fourth-order valence-corrected chi connectivity index (χ4v) is 3.12. The minimum atomic E-state index is -0.470. The van der Waals surface area contributed by atoms with Gasteiger partial charge < -0.3 is 9.74 Å². The molecule has 0 saturated carbocycles. The summed E-state index contributed by atoms with van der Waals surface area (Å²) >= 11 is 5.90. The van der Waals surface area contributed by atoms with Gasteiger partial charge >= 0.3 is 0 Å². The summed E-state index contributed by atoms with van der Waals surface area (Å²) in [4.78, 5) is 31.0. The highest BCUT2D eigenvalue weighted by Gasteiger charge is 2.44. The quantitative estimate of drug-likeness (QED) is 0.293. The van der Waals surface area contributed by atoms with Gasteiger partial charge in [-0.3, -0.25) is 9.59 Å². The van der Waals surface area contributed by atoms with Crippen molar-refractivity contribution in [3.63, 3.8) is 0 Å². The number of rotatable bonds is 7. The maximum absolute atomic E-state index is 13.6. The van der Waals surface area contributed by atoms with Crippen LogP contribution in [0.25, 0.3) is 0 Å². The van der Waals surface area contributed by atoms with E-state index < -0.39 is 5.82 Å². The SMILES string of the molecule is CC1(C)CN(c2ccc(C(=O)C/C=N\OCc3c(F)cccc3Cl)cc2)C1=O. The standard InChI is InChI=1S/C21H20ClFN2O3/c1-21(2)13-25(20(21)27)15-8-6-14(7-9-15)19(26)10-11-24-28-12-16-17(22)4-3-5-18(16)23/h3-9,11H,10,12-13H2,1-2H3/b24-11-. The molecule has 1 saturated heterocycles. The molecule has 2 aromatic carbocycles. The lowest BCUT2D eigenvalue weighted by atomic mass is 9.82. The van der Waals surface area contributed by atoms with Gasteiger partial charge in [-0.25, -0.2) is 4.39 Å². The largest absolute Gasteiger partial charge is 0.391 e. The second-order valence-corrected chi connectivity index (χ2v) is 7.62. The predicted molar refractivity (Wildman–Crippen MR) is 106 cm³/mol. The number of β-lactam (4-membered cyclic amide) rings is 1. The van der Waals surface area contributed by atoms with Crippen LogP contribution in [0, 0.1) is 11.2 Å². The number of hydrogen-bond donors (Lipinski definition) is 0. The maximum atomic E-state index is 13.6. The minimum Gasteiger partial charge on any atom is -0.391 e. The smallest absolute Gasteiger partial charge is 0.234 e. The first-order valence-corrected chi connectivity index (χ1v) is 9.19. The van der Waals surface area contributed by atoms with Gasteiger partial charge in [0.1, 0.15) is 12.4 Å². The number of ketones is 1. The molecule has 0 aliphatic carbocycles. The number of benzene rings is 2. The van der Waals surface area contributed by atoms with Crippen molar-refractivity contribution in [3.05, 3.63) is 64.4 Å². The van der Waals surface area contributed by atoms with Gasteiger partial charge in [-0.1, -0.05) is 22.8 Å². The molecule has 7 heteroatoms. The lowest BCUT2D eigenvalue weighted by Crippen LogP contribution is -2.58. The van der Waals surface area contributed by atoms with E-state index in [0.29, 0.717) is 12.1 Å². The third-order valence-electron chi connectivity index (χ3n) is 4.57. The van der Waals surface area contributed by atoms with Crippen molar-refractivity contribution in [1.82, 2.24) is 0 Å². The molecule has 0 bridgehead atoms. The molecular formula is C21H20ClFN2O3. The fraction of sp³-hybridized carbons (Fsp3) is 0.286. The van der Waals surface area contributed by atoms with Crippen LogP contribution < -0.4 is 4.90 Å². The minimum absolute atomic E-state index is 0.0417. The van der Waals surface area contributed by atoms with Crippen molar-refractivity contribution >= 4 is 35.2 Å². The normalized spacial score (nSPS) is 15.6. The fourth-order valence-electron chi connectivity index (χ4n) is 2.91. The van der Waals surface area contributed by atoms with Crippen molar-refractivity contribution in [2.45, 2.75) is 26.9 Å². The Morgan fingerprint density at radius 2 is 2.00 bits per heavy atom. The van der Waals surface area contributed by atoms with Gasteiger partial charge in [-0.05, 0) is 50.2 Å². The van der Waals surface area contributed by atoms with Gasteiger partial charge in [0.25, 0.3) is 0 Å². The van der Waals surface area contributed by atoms with Crippen LogP contribution in [0.5, 0.6) is 0 Å². The van der Waals surface area contributed by atoms with Crippen LogP contribution in [-0.2, 0) is 16.2 Å². The second-order valence-electron chi connectivity index (χ2n) is 7.21. The first-order valence-electron chi connectivity index (χ1n) is 8.81. The van der Waals surface area contributed by atoms with E-state index in [4.69, 9.17) is 16.4 Å². The molecule has 1 amide bonds. The molecule has 0 spiro atoms. The molecule has 5 nitrogen and oxygen atoms in total. The number of oxime groups is 1. The molecule has 146 valence electrons. The third kappa shape index (κ3) is 4.22. The lowest BCUT2D eigenvalue weighted by Gasteiger charge is -2.44. The Balaban J connectivity index is 1.50. The van der Waals surface area contributed by atoms with E-state index in [1.165, 1.54) is 18.3 Å². The summed E-state index contributed by atoms with van der Waals surface area (Å²) in [6.45, 7) is 4.36. The van der Waals surface area contributed by atoms with Crippen molar-refractivity contribution in [1.29, 1.82) is 0 Å². The summed E-state index contributed by atoms with van der Waals surface area (Å²) in [5, 5.41) is 3.94. The van der Waals surface area contributed by atoms with Crippen LogP contribution in [0.1, 0.15) is 36.2 Å². The Morgan fingerprint density at radius 1 is 1.29 bits per heavy atom. The molecule has 1 aliphatic rings. The van der Waals surface area contributed by atoms with E-state index in [2.05, 4.69) is 5.16 Å². The van der Waals surface area contributed by atoms with Crippen molar-refractivity contribution in [3.8, 4) is 0 Å². The molecule has 0 aromatic heterocycles. The molecule has 3 rings (SSSR count).